The highest BCUT2D eigenvalue weighted by Gasteiger charge is 2.32. The van der Waals surface area contributed by atoms with Gasteiger partial charge in [-0.05, 0) is 18.2 Å². The van der Waals surface area contributed by atoms with Crippen LogP contribution in [0.3, 0.4) is 0 Å². The molecule has 0 unspecified atom stereocenters. The molecule has 0 heterocycles. The SMILES string of the molecule is COCCCOC(=O)c1ccc(OC(F)(F)F)c(N)c1. The average Bonchev–Trinajstić information content (AvgIpc) is 2.35. The van der Waals surface area contributed by atoms with E-state index in [-0.39, 0.29) is 17.9 Å². The van der Waals surface area contributed by atoms with Gasteiger partial charge in [0.05, 0.1) is 17.9 Å². The van der Waals surface area contributed by atoms with Crippen molar-refractivity contribution in [3.63, 3.8) is 0 Å². The molecule has 0 saturated heterocycles. The molecule has 0 saturated carbocycles. The molecule has 20 heavy (non-hydrogen) atoms. The van der Waals surface area contributed by atoms with Gasteiger partial charge in [0.1, 0.15) is 0 Å². The quantitative estimate of drug-likeness (QED) is 0.495. The number of esters is 1. The van der Waals surface area contributed by atoms with Gasteiger partial charge in [-0.25, -0.2) is 4.79 Å². The Bertz CT molecular complexity index is 463. The highest BCUT2D eigenvalue weighted by atomic mass is 19.4. The average molecular weight is 293 g/mol. The van der Waals surface area contributed by atoms with Gasteiger partial charge in [-0.2, -0.15) is 0 Å². The number of nitrogen functional groups attached to an aromatic ring is 1. The molecule has 0 bridgehead atoms. The van der Waals surface area contributed by atoms with Crippen molar-refractivity contribution in [2.75, 3.05) is 26.1 Å². The summed E-state index contributed by atoms with van der Waals surface area (Å²) in [5.74, 6) is -1.24. The number of ether oxygens (including phenoxy) is 3. The van der Waals surface area contributed by atoms with Gasteiger partial charge >= 0.3 is 12.3 Å². The van der Waals surface area contributed by atoms with Crippen LogP contribution in [0.15, 0.2) is 18.2 Å². The number of nitrogens with two attached hydrogens (primary N) is 1. The summed E-state index contributed by atoms with van der Waals surface area (Å²) in [6.07, 6.45) is -4.32. The number of carbonyl (C=O) groups is 1. The van der Waals surface area contributed by atoms with Crippen molar-refractivity contribution < 1.29 is 32.2 Å². The second-order valence-corrected chi connectivity index (χ2v) is 3.78. The van der Waals surface area contributed by atoms with Crippen LogP contribution in [0, 0.1) is 0 Å². The summed E-state index contributed by atoms with van der Waals surface area (Å²) in [6.45, 7) is 0.584. The summed E-state index contributed by atoms with van der Waals surface area (Å²) in [4.78, 5) is 11.6. The number of hydrogen-bond donors (Lipinski definition) is 1. The predicted molar refractivity (Wildman–Crippen MR) is 64.3 cm³/mol. The second kappa shape index (κ2) is 6.99. The number of halogens is 3. The van der Waals surface area contributed by atoms with Gasteiger partial charge in [-0.15, -0.1) is 13.2 Å². The topological polar surface area (TPSA) is 70.8 Å². The lowest BCUT2D eigenvalue weighted by atomic mass is 10.2. The van der Waals surface area contributed by atoms with Gasteiger partial charge in [0.15, 0.2) is 5.75 Å². The predicted octanol–water partition coefficient (Wildman–Crippen LogP) is 2.36. The van der Waals surface area contributed by atoms with Crippen LogP contribution in [0.1, 0.15) is 16.8 Å². The maximum atomic E-state index is 12.0. The monoisotopic (exact) mass is 293 g/mol. The Hall–Kier alpha value is -1.96. The normalized spacial score (nSPS) is 11.2. The fourth-order valence-corrected chi connectivity index (χ4v) is 1.34. The summed E-state index contributed by atoms with van der Waals surface area (Å²) in [5.41, 5.74) is 5.14. The van der Waals surface area contributed by atoms with Gasteiger partial charge in [-0.3, -0.25) is 0 Å². The van der Waals surface area contributed by atoms with Crippen LogP contribution in [-0.2, 0) is 9.47 Å². The number of carbonyl (C=O) groups excluding carboxylic acids is 1. The molecule has 1 aromatic rings. The molecular formula is C12H14F3NO4. The van der Waals surface area contributed by atoms with Crippen molar-refractivity contribution in [2.45, 2.75) is 12.8 Å². The molecule has 0 radical (unpaired) electrons. The van der Waals surface area contributed by atoms with E-state index in [1.54, 1.807) is 0 Å². The van der Waals surface area contributed by atoms with Crippen molar-refractivity contribution in [2.24, 2.45) is 0 Å². The largest absolute Gasteiger partial charge is 0.573 e. The molecular weight excluding hydrogens is 279 g/mol. The Morgan fingerprint density at radius 2 is 2.00 bits per heavy atom. The van der Waals surface area contributed by atoms with Crippen LogP contribution in [-0.4, -0.2) is 32.7 Å². The van der Waals surface area contributed by atoms with Gasteiger partial charge in [0.25, 0.3) is 0 Å². The molecule has 2 N–H and O–H groups in total. The fraction of sp³-hybridized carbons (Fsp3) is 0.417. The molecule has 0 atom stereocenters. The zero-order valence-corrected chi connectivity index (χ0v) is 10.7. The highest BCUT2D eigenvalue weighted by molar-refractivity contribution is 5.91. The molecule has 0 aliphatic rings. The molecule has 112 valence electrons. The summed E-state index contributed by atoms with van der Waals surface area (Å²) in [6, 6.07) is 3.18. The molecule has 0 aliphatic carbocycles. The number of rotatable bonds is 6. The Morgan fingerprint density at radius 3 is 2.55 bits per heavy atom. The Kier molecular flexibility index (Phi) is 5.63. The van der Waals surface area contributed by atoms with Crippen LogP contribution in [0.5, 0.6) is 5.75 Å². The summed E-state index contributed by atoms with van der Waals surface area (Å²) in [5, 5.41) is 0. The third-order valence-corrected chi connectivity index (χ3v) is 2.20. The standard InChI is InChI=1S/C12H14F3NO4/c1-18-5-2-6-19-11(17)8-3-4-10(9(16)7-8)20-12(13,14)15/h3-4,7H,2,5-6,16H2,1H3. The minimum atomic E-state index is -4.84. The van der Waals surface area contributed by atoms with Gasteiger partial charge < -0.3 is 19.9 Å². The lowest BCUT2D eigenvalue weighted by Crippen LogP contribution is -2.18. The van der Waals surface area contributed by atoms with Crippen LogP contribution in [0.25, 0.3) is 0 Å². The van der Waals surface area contributed by atoms with Crippen molar-refractivity contribution in [1.82, 2.24) is 0 Å². The molecule has 0 aliphatic heterocycles. The van der Waals surface area contributed by atoms with E-state index in [1.165, 1.54) is 7.11 Å². The van der Waals surface area contributed by atoms with Crippen LogP contribution >= 0.6 is 0 Å². The molecule has 1 rings (SSSR count). The summed E-state index contributed by atoms with van der Waals surface area (Å²) in [7, 11) is 1.52. The zero-order valence-electron chi connectivity index (χ0n) is 10.7. The van der Waals surface area contributed by atoms with E-state index in [1.807, 2.05) is 0 Å². The van der Waals surface area contributed by atoms with Crippen molar-refractivity contribution in [3.8, 4) is 5.75 Å². The van der Waals surface area contributed by atoms with E-state index < -0.39 is 18.1 Å². The minimum Gasteiger partial charge on any atom is -0.462 e. The first kappa shape index (κ1) is 16.1. The van der Waals surface area contributed by atoms with Gasteiger partial charge in [0.2, 0.25) is 0 Å². The number of alkyl halides is 3. The van der Waals surface area contributed by atoms with E-state index in [4.69, 9.17) is 15.2 Å². The number of benzene rings is 1. The maximum Gasteiger partial charge on any atom is 0.573 e. The van der Waals surface area contributed by atoms with E-state index in [0.29, 0.717) is 13.0 Å². The van der Waals surface area contributed by atoms with Crippen LogP contribution in [0.2, 0.25) is 0 Å². The molecule has 0 aromatic heterocycles. The first-order valence-electron chi connectivity index (χ1n) is 5.65. The van der Waals surface area contributed by atoms with Gasteiger partial charge in [0, 0.05) is 20.1 Å². The van der Waals surface area contributed by atoms with Crippen molar-refractivity contribution in [1.29, 1.82) is 0 Å². The highest BCUT2D eigenvalue weighted by Crippen LogP contribution is 2.29. The lowest BCUT2D eigenvalue weighted by molar-refractivity contribution is -0.274. The number of hydrogen-bond acceptors (Lipinski definition) is 5. The first-order chi connectivity index (χ1) is 9.33. The van der Waals surface area contributed by atoms with Crippen LogP contribution < -0.4 is 10.5 Å². The molecule has 0 fully saturated rings. The first-order valence-corrected chi connectivity index (χ1v) is 5.65. The molecule has 0 spiro atoms. The Balaban J connectivity index is 2.64. The number of methoxy groups -OCH3 is 1. The lowest BCUT2D eigenvalue weighted by Gasteiger charge is -2.12. The van der Waals surface area contributed by atoms with Crippen molar-refractivity contribution in [3.05, 3.63) is 23.8 Å². The number of anilines is 1. The Morgan fingerprint density at radius 1 is 1.30 bits per heavy atom. The van der Waals surface area contributed by atoms with E-state index in [2.05, 4.69) is 4.74 Å². The third-order valence-electron chi connectivity index (χ3n) is 2.20. The summed E-state index contributed by atoms with van der Waals surface area (Å²) < 4.78 is 49.5. The second-order valence-electron chi connectivity index (χ2n) is 3.78. The smallest absolute Gasteiger partial charge is 0.462 e. The zero-order chi connectivity index (χ0) is 15.2. The fourth-order valence-electron chi connectivity index (χ4n) is 1.34. The Labute approximate surface area is 113 Å². The third kappa shape index (κ3) is 5.35. The molecule has 0 amide bonds. The molecule has 8 heteroatoms. The molecule has 5 nitrogen and oxygen atoms in total. The van der Waals surface area contributed by atoms with Crippen molar-refractivity contribution >= 4 is 11.7 Å². The van der Waals surface area contributed by atoms with Crippen LogP contribution in [0.4, 0.5) is 18.9 Å². The van der Waals surface area contributed by atoms with Gasteiger partial charge in [-0.1, -0.05) is 0 Å². The van der Waals surface area contributed by atoms with E-state index in [0.717, 1.165) is 18.2 Å². The van der Waals surface area contributed by atoms with E-state index >= 15 is 0 Å². The maximum absolute atomic E-state index is 12.0. The minimum absolute atomic E-state index is 0.0504. The molecule has 1 aromatic carbocycles. The summed E-state index contributed by atoms with van der Waals surface area (Å²) >= 11 is 0. The van der Waals surface area contributed by atoms with E-state index in [9.17, 15) is 18.0 Å².